The lowest BCUT2D eigenvalue weighted by atomic mass is 10.00. The van der Waals surface area contributed by atoms with Crippen molar-refractivity contribution >= 4 is 5.91 Å². The lowest BCUT2D eigenvalue weighted by molar-refractivity contribution is -0.139. The van der Waals surface area contributed by atoms with E-state index in [1.54, 1.807) is 6.20 Å². The first kappa shape index (κ1) is 16.0. The van der Waals surface area contributed by atoms with E-state index in [4.69, 9.17) is 4.74 Å². The average molecular weight is 334 g/mol. The predicted molar refractivity (Wildman–Crippen MR) is 87.4 cm³/mol. The Morgan fingerprint density at radius 1 is 1.42 bits per heavy atom. The van der Waals surface area contributed by atoms with Gasteiger partial charge in [-0.25, -0.2) is 4.68 Å². The van der Waals surface area contributed by atoms with Gasteiger partial charge >= 0.3 is 0 Å². The molecule has 132 valence electrons. The third kappa shape index (κ3) is 3.05. The zero-order valence-electron chi connectivity index (χ0n) is 14.2. The lowest BCUT2D eigenvalue weighted by Gasteiger charge is -2.41. The van der Waals surface area contributed by atoms with Crippen LogP contribution in [0.25, 0.3) is 0 Å². The molecule has 0 spiro atoms. The quantitative estimate of drug-likeness (QED) is 0.813. The highest BCUT2D eigenvalue weighted by Crippen LogP contribution is 2.30. The number of aromatic nitrogens is 3. The van der Waals surface area contributed by atoms with E-state index >= 15 is 0 Å². The Hall–Kier alpha value is -1.51. The molecule has 8 heteroatoms. The molecule has 3 aliphatic rings. The minimum Gasteiger partial charge on any atom is -0.370 e. The maximum absolute atomic E-state index is 12.8. The molecular formula is C16H26N6O2. The maximum atomic E-state index is 12.8. The van der Waals surface area contributed by atoms with Gasteiger partial charge in [0.15, 0.2) is 0 Å². The third-order valence-electron chi connectivity index (χ3n) is 5.60. The van der Waals surface area contributed by atoms with Gasteiger partial charge in [-0.05, 0) is 39.4 Å². The van der Waals surface area contributed by atoms with Crippen LogP contribution in [-0.4, -0.2) is 82.6 Å². The summed E-state index contributed by atoms with van der Waals surface area (Å²) in [6, 6.07) is 0.603. The summed E-state index contributed by atoms with van der Waals surface area (Å²) in [7, 11) is 2.07. The second-order valence-electron chi connectivity index (χ2n) is 7.11. The molecule has 3 aliphatic heterocycles. The highest BCUT2D eigenvalue weighted by Gasteiger charge is 2.38. The molecule has 0 saturated carbocycles. The van der Waals surface area contributed by atoms with Crippen LogP contribution in [-0.2, 0) is 16.1 Å². The Kier molecular flexibility index (Phi) is 4.51. The zero-order chi connectivity index (χ0) is 16.5. The van der Waals surface area contributed by atoms with Crippen LogP contribution in [0, 0.1) is 0 Å². The minimum atomic E-state index is 0.0955. The first-order valence-electron chi connectivity index (χ1n) is 8.92. The molecule has 1 aromatic rings. The van der Waals surface area contributed by atoms with Gasteiger partial charge < -0.3 is 15.0 Å². The molecule has 0 unspecified atom stereocenters. The van der Waals surface area contributed by atoms with Crippen molar-refractivity contribution in [1.82, 2.24) is 30.1 Å². The van der Waals surface area contributed by atoms with E-state index < -0.39 is 0 Å². The number of hydrogen-bond donors (Lipinski definition) is 1. The minimum absolute atomic E-state index is 0.0955. The molecule has 2 atom stereocenters. The Morgan fingerprint density at radius 2 is 2.25 bits per heavy atom. The van der Waals surface area contributed by atoms with E-state index in [0.717, 1.165) is 44.6 Å². The molecule has 0 radical (unpaired) electrons. The fourth-order valence-corrected chi connectivity index (χ4v) is 4.10. The number of nitrogens with zero attached hydrogens (tertiary/aromatic N) is 5. The molecule has 2 fully saturated rings. The Labute approximate surface area is 142 Å². The lowest BCUT2D eigenvalue weighted by Crippen LogP contribution is -2.53. The number of ether oxygens (including phenoxy) is 1. The number of likely N-dealkylation sites (N-methyl/N-ethyl adjacent to an activating group) is 1. The summed E-state index contributed by atoms with van der Waals surface area (Å²) in [4.78, 5) is 16.9. The Bertz CT molecular complexity index is 585. The maximum Gasteiger partial charge on any atom is 0.236 e. The number of fused-ring (bicyclic) bond motifs is 3. The van der Waals surface area contributed by atoms with Gasteiger partial charge in [-0.3, -0.25) is 9.69 Å². The second-order valence-corrected chi connectivity index (χ2v) is 7.11. The summed E-state index contributed by atoms with van der Waals surface area (Å²) in [6.07, 6.45) is 4.99. The molecule has 1 aromatic heterocycles. The molecule has 2 saturated heterocycles. The van der Waals surface area contributed by atoms with Crippen LogP contribution in [0.15, 0.2) is 6.20 Å². The summed E-state index contributed by atoms with van der Waals surface area (Å²) in [5.74, 6) is 0.210. The fourth-order valence-electron chi connectivity index (χ4n) is 4.10. The molecule has 8 nitrogen and oxygen atoms in total. The molecular weight excluding hydrogens is 308 g/mol. The van der Waals surface area contributed by atoms with E-state index in [2.05, 4.69) is 27.6 Å². The normalized spacial score (nSPS) is 27.8. The first-order chi connectivity index (χ1) is 11.7. The number of rotatable bonds is 3. The van der Waals surface area contributed by atoms with Gasteiger partial charge in [0.2, 0.25) is 5.91 Å². The Morgan fingerprint density at radius 3 is 3.08 bits per heavy atom. The number of hydrogen-bond acceptors (Lipinski definition) is 6. The van der Waals surface area contributed by atoms with Crippen molar-refractivity contribution in [1.29, 1.82) is 0 Å². The van der Waals surface area contributed by atoms with Gasteiger partial charge in [0.25, 0.3) is 0 Å². The van der Waals surface area contributed by atoms with Crippen molar-refractivity contribution in [3.05, 3.63) is 11.9 Å². The van der Waals surface area contributed by atoms with Crippen molar-refractivity contribution in [2.24, 2.45) is 0 Å². The van der Waals surface area contributed by atoms with Crippen LogP contribution in [0.5, 0.6) is 0 Å². The van der Waals surface area contributed by atoms with Crippen LogP contribution < -0.4 is 5.32 Å². The summed E-state index contributed by atoms with van der Waals surface area (Å²) >= 11 is 0. The summed E-state index contributed by atoms with van der Waals surface area (Å²) in [6.45, 7) is 4.59. The van der Waals surface area contributed by atoms with E-state index in [1.165, 1.54) is 0 Å². The number of piperidine rings is 2. The monoisotopic (exact) mass is 334 g/mol. The van der Waals surface area contributed by atoms with Crippen LogP contribution in [0.2, 0.25) is 0 Å². The fraction of sp³-hybridized carbons (Fsp3) is 0.812. The predicted octanol–water partition coefficient (Wildman–Crippen LogP) is -0.366. The number of likely N-dealkylation sites (tertiary alicyclic amines) is 1. The van der Waals surface area contributed by atoms with E-state index in [9.17, 15) is 4.79 Å². The van der Waals surface area contributed by atoms with Crippen molar-refractivity contribution in [2.75, 3.05) is 39.8 Å². The Balaban J connectivity index is 1.38. The van der Waals surface area contributed by atoms with Gasteiger partial charge in [-0.2, -0.15) is 0 Å². The molecule has 0 bridgehead atoms. The summed E-state index contributed by atoms with van der Waals surface area (Å²) < 4.78 is 7.86. The molecule has 1 N–H and O–H groups in total. The smallest absolute Gasteiger partial charge is 0.236 e. The van der Waals surface area contributed by atoms with Crippen molar-refractivity contribution in [3.8, 4) is 0 Å². The highest BCUT2D eigenvalue weighted by molar-refractivity contribution is 5.78. The standard InChI is InChI=1S/C16H26N6O2/c1-20(12-2-5-17-6-3-12)10-16(23)21-7-4-15-14(9-21)22-13(11-24-15)8-18-19-22/h8,12,14-15,17H,2-7,9-11H2,1H3/t14-,15-/m0/s1. The van der Waals surface area contributed by atoms with Gasteiger partial charge in [-0.15, -0.1) is 5.10 Å². The molecule has 24 heavy (non-hydrogen) atoms. The van der Waals surface area contributed by atoms with E-state index in [-0.39, 0.29) is 18.1 Å². The van der Waals surface area contributed by atoms with Crippen LogP contribution >= 0.6 is 0 Å². The molecule has 4 heterocycles. The van der Waals surface area contributed by atoms with Crippen LogP contribution in [0.1, 0.15) is 31.0 Å². The first-order valence-corrected chi connectivity index (χ1v) is 8.92. The van der Waals surface area contributed by atoms with Crippen molar-refractivity contribution in [3.63, 3.8) is 0 Å². The van der Waals surface area contributed by atoms with Gasteiger partial charge in [-0.1, -0.05) is 5.21 Å². The number of amides is 1. The summed E-state index contributed by atoms with van der Waals surface area (Å²) in [5.41, 5.74) is 0.998. The zero-order valence-corrected chi connectivity index (χ0v) is 14.2. The van der Waals surface area contributed by atoms with Crippen molar-refractivity contribution in [2.45, 2.75) is 44.1 Å². The van der Waals surface area contributed by atoms with E-state index in [0.29, 0.717) is 25.7 Å². The van der Waals surface area contributed by atoms with Gasteiger partial charge in [0.1, 0.15) is 0 Å². The number of nitrogens with one attached hydrogen (secondary N) is 1. The second kappa shape index (κ2) is 6.78. The largest absolute Gasteiger partial charge is 0.370 e. The van der Waals surface area contributed by atoms with Crippen LogP contribution in [0.4, 0.5) is 0 Å². The van der Waals surface area contributed by atoms with Crippen molar-refractivity contribution < 1.29 is 9.53 Å². The van der Waals surface area contributed by atoms with Crippen LogP contribution in [0.3, 0.4) is 0 Å². The van der Waals surface area contributed by atoms with E-state index in [1.807, 2.05) is 9.58 Å². The molecule has 4 rings (SSSR count). The topological polar surface area (TPSA) is 75.5 Å². The highest BCUT2D eigenvalue weighted by atomic mass is 16.5. The summed E-state index contributed by atoms with van der Waals surface area (Å²) in [5, 5.41) is 11.6. The number of carbonyl (C=O) groups excluding carboxylic acids is 1. The van der Waals surface area contributed by atoms with Gasteiger partial charge in [0.05, 0.1) is 37.2 Å². The molecule has 0 aromatic carbocycles. The average Bonchev–Trinajstić information content (AvgIpc) is 3.11. The van der Waals surface area contributed by atoms with Gasteiger partial charge in [0, 0.05) is 19.1 Å². The molecule has 0 aliphatic carbocycles. The molecule has 1 amide bonds. The SMILES string of the molecule is CN(CC(=O)N1CC[C@@H]2OCc3cnnn3[C@H]2C1)C1CCNCC1. The third-order valence-corrected chi connectivity index (χ3v) is 5.60. The number of carbonyl (C=O) groups is 1.